The largest absolute Gasteiger partial charge is 0.307 e. The number of rotatable bonds is 4. The van der Waals surface area contributed by atoms with Gasteiger partial charge in [-0.05, 0) is 69.9 Å². The van der Waals surface area contributed by atoms with Crippen LogP contribution in [0, 0.1) is 5.92 Å². The topological polar surface area (TPSA) is 12.0 Å². The van der Waals surface area contributed by atoms with Gasteiger partial charge in [-0.15, -0.1) is 11.3 Å². The van der Waals surface area contributed by atoms with Crippen LogP contribution < -0.4 is 5.32 Å². The van der Waals surface area contributed by atoms with Gasteiger partial charge in [0.25, 0.3) is 0 Å². The van der Waals surface area contributed by atoms with Crippen LogP contribution >= 0.6 is 11.3 Å². The lowest BCUT2D eigenvalue weighted by molar-refractivity contribution is 0.354. The Balaban J connectivity index is 1.62. The summed E-state index contributed by atoms with van der Waals surface area (Å²) >= 11 is 2.07. The summed E-state index contributed by atoms with van der Waals surface area (Å²) in [4.78, 5) is 3.24. The quantitative estimate of drug-likeness (QED) is 0.829. The summed E-state index contributed by atoms with van der Waals surface area (Å²) in [7, 11) is 0. The van der Waals surface area contributed by atoms with E-state index in [4.69, 9.17) is 0 Å². The Morgan fingerprint density at radius 1 is 1.11 bits per heavy atom. The molecule has 0 radical (unpaired) electrons. The fourth-order valence-corrected chi connectivity index (χ4v) is 5.07. The number of hydrogen-bond donors (Lipinski definition) is 1. The van der Waals surface area contributed by atoms with E-state index in [9.17, 15) is 0 Å². The van der Waals surface area contributed by atoms with Crippen LogP contribution in [-0.4, -0.2) is 6.04 Å². The van der Waals surface area contributed by atoms with Gasteiger partial charge < -0.3 is 5.32 Å². The van der Waals surface area contributed by atoms with Crippen molar-refractivity contribution in [2.75, 3.05) is 0 Å². The molecule has 2 aliphatic carbocycles. The van der Waals surface area contributed by atoms with Crippen molar-refractivity contribution < 1.29 is 0 Å². The highest BCUT2D eigenvalue weighted by atomic mass is 32.1. The minimum atomic E-state index is 0.534. The van der Waals surface area contributed by atoms with Gasteiger partial charge in [0.15, 0.2) is 0 Å². The third kappa shape index (κ3) is 3.05. The summed E-state index contributed by atoms with van der Waals surface area (Å²) in [6, 6.07) is 3.70. The zero-order chi connectivity index (χ0) is 13.2. The van der Waals surface area contributed by atoms with Gasteiger partial charge in [0.1, 0.15) is 0 Å². The molecule has 0 bridgehead atoms. The normalized spacial score (nSPS) is 23.3. The number of hydrogen-bond acceptors (Lipinski definition) is 2. The van der Waals surface area contributed by atoms with Gasteiger partial charge in [-0.2, -0.15) is 0 Å². The lowest BCUT2D eigenvalue weighted by Gasteiger charge is -2.24. The zero-order valence-corrected chi connectivity index (χ0v) is 13.2. The molecule has 19 heavy (non-hydrogen) atoms. The van der Waals surface area contributed by atoms with E-state index in [1.54, 1.807) is 15.3 Å². The average molecular weight is 277 g/mol. The molecule has 0 saturated heterocycles. The van der Waals surface area contributed by atoms with Crippen molar-refractivity contribution in [1.29, 1.82) is 0 Å². The van der Waals surface area contributed by atoms with Crippen LogP contribution in [0.1, 0.15) is 73.7 Å². The molecule has 0 aromatic carbocycles. The standard InChI is InChI=1S/C17H27NS/c1-12(14-7-3-4-8-14)18-13(2)17-11-15-9-5-6-10-16(15)19-17/h11-14,18H,3-10H2,1-2H3/t12-,13?/m0/s1. The van der Waals surface area contributed by atoms with Gasteiger partial charge in [-0.25, -0.2) is 0 Å². The van der Waals surface area contributed by atoms with Crippen molar-refractivity contribution in [2.24, 2.45) is 5.92 Å². The molecule has 106 valence electrons. The molecule has 1 unspecified atom stereocenters. The van der Waals surface area contributed by atoms with E-state index in [1.165, 1.54) is 51.4 Å². The number of nitrogens with one attached hydrogen (secondary N) is 1. The lowest BCUT2D eigenvalue weighted by Crippen LogP contribution is -2.34. The van der Waals surface area contributed by atoms with E-state index in [2.05, 4.69) is 36.6 Å². The molecule has 2 aliphatic rings. The van der Waals surface area contributed by atoms with E-state index in [0.29, 0.717) is 12.1 Å². The van der Waals surface area contributed by atoms with Gasteiger partial charge in [0, 0.05) is 21.8 Å². The second kappa shape index (κ2) is 5.97. The lowest BCUT2D eigenvalue weighted by atomic mass is 9.97. The smallest absolute Gasteiger partial charge is 0.0388 e. The minimum Gasteiger partial charge on any atom is -0.307 e. The maximum atomic E-state index is 3.86. The second-order valence-corrected chi connectivity index (χ2v) is 7.69. The molecule has 1 nitrogen and oxygen atoms in total. The van der Waals surface area contributed by atoms with Crippen LogP contribution in [0.5, 0.6) is 0 Å². The predicted octanol–water partition coefficient (Wildman–Crippen LogP) is 4.86. The molecule has 0 amide bonds. The first-order chi connectivity index (χ1) is 9.24. The number of thiophene rings is 1. The number of aryl methyl sites for hydroxylation is 2. The van der Waals surface area contributed by atoms with Crippen molar-refractivity contribution in [3.05, 3.63) is 21.4 Å². The van der Waals surface area contributed by atoms with Gasteiger partial charge in [0.2, 0.25) is 0 Å². The molecule has 0 aliphatic heterocycles. The van der Waals surface area contributed by atoms with E-state index in [0.717, 1.165) is 5.92 Å². The van der Waals surface area contributed by atoms with E-state index < -0.39 is 0 Å². The summed E-state index contributed by atoms with van der Waals surface area (Å²) in [5.41, 5.74) is 1.65. The summed E-state index contributed by atoms with van der Waals surface area (Å²) < 4.78 is 0. The first kappa shape index (κ1) is 13.6. The Morgan fingerprint density at radius 2 is 1.84 bits per heavy atom. The van der Waals surface area contributed by atoms with Crippen LogP contribution in [0.15, 0.2) is 6.07 Å². The summed E-state index contributed by atoms with van der Waals surface area (Å²) in [5.74, 6) is 0.914. The van der Waals surface area contributed by atoms with Crippen LogP contribution in [-0.2, 0) is 12.8 Å². The van der Waals surface area contributed by atoms with Crippen molar-refractivity contribution in [3.63, 3.8) is 0 Å². The fourth-order valence-electron chi connectivity index (χ4n) is 3.80. The second-order valence-electron chi connectivity index (χ2n) is 6.53. The van der Waals surface area contributed by atoms with Crippen LogP contribution in [0.2, 0.25) is 0 Å². The van der Waals surface area contributed by atoms with E-state index in [1.807, 2.05) is 0 Å². The van der Waals surface area contributed by atoms with Crippen LogP contribution in [0.3, 0.4) is 0 Å². The maximum Gasteiger partial charge on any atom is 0.0388 e. The molecular formula is C17H27NS. The van der Waals surface area contributed by atoms with Crippen LogP contribution in [0.4, 0.5) is 0 Å². The van der Waals surface area contributed by atoms with Crippen LogP contribution in [0.25, 0.3) is 0 Å². The molecule has 1 aromatic rings. The molecule has 1 heterocycles. The molecular weight excluding hydrogens is 250 g/mol. The minimum absolute atomic E-state index is 0.534. The summed E-state index contributed by atoms with van der Waals surface area (Å²) in [6.07, 6.45) is 11.2. The third-order valence-electron chi connectivity index (χ3n) is 5.06. The molecule has 1 aromatic heterocycles. The first-order valence-electron chi connectivity index (χ1n) is 8.11. The highest BCUT2D eigenvalue weighted by molar-refractivity contribution is 7.12. The molecule has 3 rings (SSSR count). The Hall–Kier alpha value is -0.340. The Morgan fingerprint density at radius 3 is 2.58 bits per heavy atom. The zero-order valence-electron chi connectivity index (χ0n) is 12.4. The fraction of sp³-hybridized carbons (Fsp3) is 0.765. The van der Waals surface area contributed by atoms with Crippen molar-refractivity contribution in [2.45, 2.75) is 77.3 Å². The first-order valence-corrected chi connectivity index (χ1v) is 8.93. The molecule has 1 saturated carbocycles. The van der Waals surface area contributed by atoms with Gasteiger partial charge >= 0.3 is 0 Å². The Labute approximate surface area is 121 Å². The number of fused-ring (bicyclic) bond motifs is 1. The molecule has 1 N–H and O–H groups in total. The average Bonchev–Trinajstić information content (AvgIpc) is 3.07. The van der Waals surface area contributed by atoms with E-state index >= 15 is 0 Å². The Bertz CT molecular complexity index is 393. The summed E-state index contributed by atoms with van der Waals surface area (Å²) in [6.45, 7) is 4.74. The van der Waals surface area contributed by atoms with Crippen molar-refractivity contribution in [3.8, 4) is 0 Å². The highest BCUT2D eigenvalue weighted by Gasteiger charge is 2.24. The Kier molecular flexibility index (Phi) is 4.28. The highest BCUT2D eigenvalue weighted by Crippen LogP contribution is 2.34. The monoisotopic (exact) mass is 277 g/mol. The maximum absolute atomic E-state index is 3.86. The van der Waals surface area contributed by atoms with E-state index in [-0.39, 0.29) is 0 Å². The van der Waals surface area contributed by atoms with Crippen molar-refractivity contribution in [1.82, 2.24) is 5.32 Å². The molecule has 1 fully saturated rings. The van der Waals surface area contributed by atoms with Gasteiger partial charge in [-0.1, -0.05) is 12.8 Å². The summed E-state index contributed by atoms with van der Waals surface area (Å²) in [5, 5.41) is 3.86. The predicted molar refractivity (Wildman–Crippen MR) is 83.9 cm³/mol. The molecule has 2 atom stereocenters. The van der Waals surface area contributed by atoms with Gasteiger partial charge in [-0.3, -0.25) is 0 Å². The third-order valence-corrected chi connectivity index (χ3v) is 6.48. The van der Waals surface area contributed by atoms with Crippen molar-refractivity contribution >= 4 is 11.3 Å². The molecule has 0 spiro atoms. The molecule has 2 heteroatoms. The SMILES string of the molecule is CC(N[C@@H](C)C1CCCC1)c1cc2c(s1)CCCC2. The van der Waals surface area contributed by atoms with Gasteiger partial charge in [0.05, 0.1) is 0 Å².